The Labute approximate surface area is 123 Å². The zero-order valence-electron chi connectivity index (χ0n) is 12.3. The van der Waals surface area contributed by atoms with Gasteiger partial charge in [-0.05, 0) is 36.1 Å². The van der Waals surface area contributed by atoms with E-state index in [0.717, 1.165) is 10.9 Å². The van der Waals surface area contributed by atoms with Gasteiger partial charge in [-0.1, -0.05) is 13.8 Å². The van der Waals surface area contributed by atoms with Crippen LogP contribution in [0.4, 0.5) is 4.39 Å². The highest BCUT2D eigenvalue weighted by Crippen LogP contribution is 2.19. The highest BCUT2D eigenvalue weighted by atomic mass is 19.1. The Hall–Kier alpha value is -1.88. The molecule has 1 aromatic carbocycles. The van der Waals surface area contributed by atoms with Gasteiger partial charge in [0.1, 0.15) is 5.82 Å². The van der Waals surface area contributed by atoms with Crippen LogP contribution in [0.2, 0.25) is 0 Å². The monoisotopic (exact) mass is 292 g/mol. The van der Waals surface area contributed by atoms with Gasteiger partial charge in [-0.25, -0.2) is 4.39 Å². The van der Waals surface area contributed by atoms with Crippen LogP contribution in [0.5, 0.6) is 0 Å². The molecule has 0 fully saturated rings. The molecule has 1 aromatic heterocycles. The molecule has 0 aliphatic carbocycles. The lowest BCUT2D eigenvalue weighted by Crippen LogP contribution is -2.39. The standard InChI is InChI=1S/C16H21FN2O2/c1-10(2)14(5-6-20)19-16(21)7-11-9-18-15-8-12(17)3-4-13(11)15/h3-4,8-10,14,18,20H,5-7H2,1-2H3,(H,19,21). The van der Waals surface area contributed by atoms with Crippen molar-refractivity contribution in [3.63, 3.8) is 0 Å². The number of hydrogen-bond donors (Lipinski definition) is 3. The number of fused-ring (bicyclic) bond motifs is 1. The van der Waals surface area contributed by atoms with Crippen molar-refractivity contribution in [2.24, 2.45) is 5.92 Å². The van der Waals surface area contributed by atoms with Crippen molar-refractivity contribution < 1.29 is 14.3 Å². The van der Waals surface area contributed by atoms with E-state index >= 15 is 0 Å². The first kappa shape index (κ1) is 15.5. The molecule has 1 atom stereocenters. The van der Waals surface area contributed by atoms with Crippen LogP contribution in [0.25, 0.3) is 10.9 Å². The molecular formula is C16H21FN2O2. The van der Waals surface area contributed by atoms with Gasteiger partial charge in [0.05, 0.1) is 6.42 Å². The van der Waals surface area contributed by atoms with Gasteiger partial charge >= 0.3 is 0 Å². The first-order valence-electron chi connectivity index (χ1n) is 7.17. The topological polar surface area (TPSA) is 65.1 Å². The quantitative estimate of drug-likeness (QED) is 0.765. The second-order valence-corrected chi connectivity index (χ2v) is 5.61. The minimum Gasteiger partial charge on any atom is -0.396 e. The van der Waals surface area contributed by atoms with Gasteiger partial charge in [0, 0.05) is 29.7 Å². The van der Waals surface area contributed by atoms with E-state index in [1.807, 2.05) is 13.8 Å². The Morgan fingerprint density at radius 1 is 1.43 bits per heavy atom. The van der Waals surface area contributed by atoms with Crippen molar-refractivity contribution >= 4 is 16.8 Å². The van der Waals surface area contributed by atoms with Crippen molar-refractivity contribution in [1.29, 1.82) is 0 Å². The maximum Gasteiger partial charge on any atom is 0.224 e. The smallest absolute Gasteiger partial charge is 0.224 e. The number of aromatic amines is 1. The first-order chi connectivity index (χ1) is 10.0. The number of aromatic nitrogens is 1. The number of rotatable bonds is 6. The van der Waals surface area contributed by atoms with E-state index in [1.54, 1.807) is 12.3 Å². The molecular weight excluding hydrogens is 271 g/mol. The molecule has 0 spiro atoms. The van der Waals surface area contributed by atoms with Crippen molar-refractivity contribution in [2.45, 2.75) is 32.7 Å². The zero-order chi connectivity index (χ0) is 15.4. The maximum atomic E-state index is 13.1. The molecule has 0 aliphatic heterocycles. The van der Waals surface area contributed by atoms with Gasteiger partial charge in [0.15, 0.2) is 0 Å². The van der Waals surface area contributed by atoms with Crippen molar-refractivity contribution in [3.8, 4) is 0 Å². The van der Waals surface area contributed by atoms with Gasteiger partial charge < -0.3 is 15.4 Å². The second kappa shape index (κ2) is 6.72. The molecule has 21 heavy (non-hydrogen) atoms. The highest BCUT2D eigenvalue weighted by Gasteiger charge is 2.17. The highest BCUT2D eigenvalue weighted by molar-refractivity contribution is 5.89. The number of hydrogen-bond acceptors (Lipinski definition) is 2. The van der Waals surface area contributed by atoms with E-state index in [-0.39, 0.29) is 36.7 Å². The number of carbonyl (C=O) groups excluding carboxylic acids is 1. The van der Waals surface area contributed by atoms with Gasteiger partial charge in [-0.3, -0.25) is 4.79 Å². The van der Waals surface area contributed by atoms with Crippen LogP contribution >= 0.6 is 0 Å². The summed E-state index contributed by atoms with van der Waals surface area (Å²) >= 11 is 0. The molecule has 0 aliphatic rings. The Morgan fingerprint density at radius 3 is 2.86 bits per heavy atom. The van der Waals surface area contributed by atoms with E-state index in [1.165, 1.54) is 12.1 Å². The number of nitrogens with one attached hydrogen (secondary N) is 2. The Kier molecular flexibility index (Phi) is 4.96. The van der Waals surface area contributed by atoms with Crippen LogP contribution in [0.15, 0.2) is 24.4 Å². The molecule has 3 N–H and O–H groups in total. The minimum atomic E-state index is -0.303. The van der Waals surface area contributed by atoms with Crippen LogP contribution in [-0.2, 0) is 11.2 Å². The SMILES string of the molecule is CC(C)C(CCO)NC(=O)Cc1c[nH]c2cc(F)ccc12. The fourth-order valence-electron chi connectivity index (χ4n) is 2.45. The van der Waals surface area contributed by atoms with Crippen molar-refractivity contribution in [1.82, 2.24) is 10.3 Å². The lowest BCUT2D eigenvalue weighted by atomic mass is 10.0. The van der Waals surface area contributed by atoms with Gasteiger partial charge in [-0.2, -0.15) is 0 Å². The van der Waals surface area contributed by atoms with E-state index in [4.69, 9.17) is 5.11 Å². The number of benzene rings is 1. The summed E-state index contributed by atoms with van der Waals surface area (Å²) in [5, 5.41) is 12.8. The summed E-state index contributed by atoms with van der Waals surface area (Å²) in [5.74, 6) is -0.131. The molecule has 0 bridgehead atoms. The summed E-state index contributed by atoms with van der Waals surface area (Å²) in [4.78, 5) is 15.1. The normalized spacial score (nSPS) is 12.8. The third kappa shape index (κ3) is 3.82. The summed E-state index contributed by atoms with van der Waals surface area (Å²) < 4.78 is 13.1. The number of amides is 1. The molecule has 0 saturated heterocycles. The summed E-state index contributed by atoms with van der Waals surface area (Å²) in [7, 11) is 0. The molecule has 1 heterocycles. The summed E-state index contributed by atoms with van der Waals surface area (Å²) in [5.41, 5.74) is 1.53. The molecule has 0 radical (unpaired) electrons. The largest absolute Gasteiger partial charge is 0.396 e. The predicted octanol–water partition coefficient (Wildman–Crippen LogP) is 2.37. The Bertz CT molecular complexity index is 622. The molecule has 5 heteroatoms. The first-order valence-corrected chi connectivity index (χ1v) is 7.17. The summed E-state index contributed by atoms with van der Waals surface area (Å²) in [6.07, 6.45) is 2.52. The molecule has 1 amide bonds. The lowest BCUT2D eigenvalue weighted by Gasteiger charge is -2.21. The van der Waals surface area contributed by atoms with Crippen LogP contribution in [0.1, 0.15) is 25.8 Å². The Morgan fingerprint density at radius 2 is 2.19 bits per heavy atom. The molecule has 0 saturated carbocycles. The summed E-state index contributed by atoms with van der Waals surface area (Å²) in [6.45, 7) is 4.07. The Balaban J connectivity index is 2.07. The third-order valence-corrected chi connectivity index (χ3v) is 3.67. The van der Waals surface area contributed by atoms with Crippen LogP contribution in [0, 0.1) is 11.7 Å². The lowest BCUT2D eigenvalue weighted by molar-refractivity contribution is -0.121. The fourth-order valence-corrected chi connectivity index (χ4v) is 2.45. The summed E-state index contributed by atoms with van der Waals surface area (Å²) in [6, 6.07) is 4.45. The van der Waals surface area contributed by atoms with Crippen LogP contribution in [0.3, 0.4) is 0 Å². The molecule has 114 valence electrons. The number of aliphatic hydroxyl groups is 1. The van der Waals surface area contributed by atoms with E-state index in [2.05, 4.69) is 10.3 Å². The second-order valence-electron chi connectivity index (χ2n) is 5.61. The van der Waals surface area contributed by atoms with E-state index in [9.17, 15) is 9.18 Å². The van der Waals surface area contributed by atoms with Crippen molar-refractivity contribution in [3.05, 3.63) is 35.8 Å². The van der Waals surface area contributed by atoms with Crippen LogP contribution in [-0.4, -0.2) is 28.6 Å². The van der Waals surface area contributed by atoms with E-state index < -0.39 is 0 Å². The maximum absolute atomic E-state index is 13.1. The fraction of sp³-hybridized carbons (Fsp3) is 0.438. The third-order valence-electron chi connectivity index (χ3n) is 3.67. The van der Waals surface area contributed by atoms with Crippen LogP contribution < -0.4 is 5.32 Å². The molecule has 1 unspecified atom stereocenters. The predicted molar refractivity (Wildman–Crippen MR) is 80.4 cm³/mol. The number of aliphatic hydroxyl groups excluding tert-OH is 1. The van der Waals surface area contributed by atoms with Gasteiger partial charge in [0.2, 0.25) is 5.91 Å². The molecule has 2 rings (SSSR count). The number of H-pyrrole nitrogens is 1. The van der Waals surface area contributed by atoms with Gasteiger partial charge in [-0.15, -0.1) is 0 Å². The zero-order valence-corrected chi connectivity index (χ0v) is 12.3. The average molecular weight is 292 g/mol. The molecule has 2 aromatic rings. The van der Waals surface area contributed by atoms with Gasteiger partial charge in [0.25, 0.3) is 0 Å². The van der Waals surface area contributed by atoms with E-state index in [0.29, 0.717) is 11.9 Å². The average Bonchev–Trinajstić information content (AvgIpc) is 2.80. The molecule has 4 nitrogen and oxygen atoms in total. The number of halogens is 1. The number of carbonyl (C=O) groups is 1. The minimum absolute atomic E-state index is 0.0369. The van der Waals surface area contributed by atoms with Crippen molar-refractivity contribution in [2.75, 3.05) is 6.61 Å².